The van der Waals surface area contributed by atoms with Gasteiger partial charge in [-0.1, -0.05) is 0 Å². The average molecular weight is 330 g/mol. The monoisotopic (exact) mass is 330 g/mol. The van der Waals surface area contributed by atoms with E-state index < -0.39 is 18.5 Å². The summed E-state index contributed by atoms with van der Waals surface area (Å²) in [7, 11) is 0. The standard InChI is InChI=1S/C16H18F4N2O/c17-14-8-11(9-21-13-2-5-23-6-3-13)7-12-1-4-22(15(12)14)10-16(18,19)20/h1,4,7-8,13,21H,2-3,5-6,9-10H2. The molecule has 0 aliphatic carbocycles. The zero-order chi connectivity index (χ0) is 16.4. The Bertz CT molecular complexity index is 675. The molecule has 7 heteroatoms. The van der Waals surface area contributed by atoms with E-state index in [9.17, 15) is 17.6 Å². The highest BCUT2D eigenvalue weighted by atomic mass is 19.4. The van der Waals surface area contributed by atoms with E-state index in [-0.39, 0.29) is 5.52 Å². The van der Waals surface area contributed by atoms with Gasteiger partial charge in [0, 0.05) is 37.4 Å². The van der Waals surface area contributed by atoms with Crippen LogP contribution in [0.25, 0.3) is 10.9 Å². The van der Waals surface area contributed by atoms with E-state index in [1.54, 1.807) is 6.07 Å². The fraction of sp³-hybridized carbons (Fsp3) is 0.500. The molecule has 1 aliphatic rings. The van der Waals surface area contributed by atoms with Crippen molar-refractivity contribution in [1.29, 1.82) is 0 Å². The van der Waals surface area contributed by atoms with Crippen molar-refractivity contribution in [3.05, 3.63) is 35.8 Å². The lowest BCUT2D eigenvalue weighted by Gasteiger charge is -2.23. The van der Waals surface area contributed by atoms with Crippen LogP contribution < -0.4 is 5.32 Å². The minimum atomic E-state index is -4.37. The lowest BCUT2D eigenvalue weighted by Crippen LogP contribution is -2.34. The number of ether oxygens (including phenoxy) is 1. The van der Waals surface area contributed by atoms with Gasteiger partial charge in [-0.25, -0.2) is 4.39 Å². The normalized spacial score (nSPS) is 17.0. The van der Waals surface area contributed by atoms with Crippen LogP contribution in [-0.4, -0.2) is 30.0 Å². The highest BCUT2D eigenvalue weighted by Crippen LogP contribution is 2.26. The Morgan fingerprint density at radius 1 is 1.22 bits per heavy atom. The van der Waals surface area contributed by atoms with E-state index >= 15 is 0 Å². The van der Waals surface area contributed by atoms with Crippen LogP contribution in [0.4, 0.5) is 17.6 Å². The molecule has 1 fully saturated rings. The predicted octanol–water partition coefficient (Wildman–Crippen LogP) is 3.61. The summed E-state index contributed by atoms with van der Waals surface area (Å²) in [4.78, 5) is 0. The fourth-order valence-electron chi connectivity index (χ4n) is 2.94. The zero-order valence-corrected chi connectivity index (χ0v) is 12.5. The number of aromatic nitrogens is 1. The third-order valence-electron chi connectivity index (χ3n) is 4.04. The summed E-state index contributed by atoms with van der Waals surface area (Å²) in [6, 6.07) is 4.89. The molecule has 0 saturated carbocycles. The Morgan fingerprint density at radius 3 is 2.65 bits per heavy atom. The molecule has 1 saturated heterocycles. The number of benzene rings is 1. The summed E-state index contributed by atoms with van der Waals surface area (Å²) in [6.45, 7) is 0.728. The highest BCUT2D eigenvalue weighted by Gasteiger charge is 2.28. The van der Waals surface area contributed by atoms with Crippen LogP contribution in [0.3, 0.4) is 0 Å². The Labute approximate surface area is 131 Å². The average Bonchev–Trinajstić information content (AvgIpc) is 2.88. The minimum absolute atomic E-state index is 0.00265. The van der Waals surface area contributed by atoms with Gasteiger partial charge in [0.05, 0.1) is 5.52 Å². The number of nitrogens with zero attached hydrogens (tertiary/aromatic N) is 1. The number of hydrogen-bond acceptors (Lipinski definition) is 2. The zero-order valence-electron chi connectivity index (χ0n) is 12.5. The van der Waals surface area contributed by atoms with Gasteiger partial charge in [-0.2, -0.15) is 13.2 Å². The van der Waals surface area contributed by atoms with Crippen LogP contribution in [0, 0.1) is 5.82 Å². The van der Waals surface area contributed by atoms with E-state index in [2.05, 4.69) is 5.32 Å². The molecule has 0 radical (unpaired) electrons. The first-order chi connectivity index (χ1) is 10.9. The van der Waals surface area contributed by atoms with Gasteiger partial charge in [-0.15, -0.1) is 0 Å². The van der Waals surface area contributed by atoms with Crippen molar-refractivity contribution in [2.45, 2.75) is 38.1 Å². The second-order valence-corrected chi connectivity index (χ2v) is 5.84. The van der Waals surface area contributed by atoms with Gasteiger partial charge in [0.25, 0.3) is 0 Å². The number of fused-ring (bicyclic) bond motifs is 1. The molecule has 0 bridgehead atoms. The summed E-state index contributed by atoms with van der Waals surface area (Å²) in [5.41, 5.74) is 0.725. The molecular formula is C16H18F4N2O. The van der Waals surface area contributed by atoms with Gasteiger partial charge in [-0.3, -0.25) is 0 Å². The molecule has 1 N–H and O–H groups in total. The second kappa shape index (κ2) is 6.49. The predicted molar refractivity (Wildman–Crippen MR) is 78.6 cm³/mol. The molecule has 2 aromatic rings. The first-order valence-electron chi connectivity index (χ1n) is 7.57. The molecule has 1 aliphatic heterocycles. The van der Waals surface area contributed by atoms with Gasteiger partial charge in [0.1, 0.15) is 12.4 Å². The van der Waals surface area contributed by atoms with E-state index in [0.717, 1.165) is 23.0 Å². The van der Waals surface area contributed by atoms with Crippen LogP contribution in [0.5, 0.6) is 0 Å². The molecule has 1 aromatic heterocycles. The minimum Gasteiger partial charge on any atom is -0.381 e. The molecule has 0 amide bonds. The number of alkyl halides is 3. The Morgan fingerprint density at radius 2 is 1.96 bits per heavy atom. The first kappa shape index (κ1) is 16.3. The summed E-state index contributed by atoms with van der Waals surface area (Å²) in [5, 5.41) is 3.83. The summed E-state index contributed by atoms with van der Waals surface area (Å²) < 4.78 is 58.0. The largest absolute Gasteiger partial charge is 0.406 e. The SMILES string of the molecule is Fc1cc(CNC2CCOCC2)cc2ccn(CC(F)(F)F)c12. The maximum atomic E-state index is 14.2. The molecule has 0 spiro atoms. The van der Waals surface area contributed by atoms with Crippen molar-refractivity contribution >= 4 is 10.9 Å². The van der Waals surface area contributed by atoms with Crippen molar-refractivity contribution < 1.29 is 22.3 Å². The lowest BCUT2D eigenvalue weighted by molar-refractivity contribution is -0.139. The van der Waals surface area contributed by atoms with Crippen LogP contribution in [0.1, 0.15) is 18.4 Å². The van der Waals surface area contributed by atoms with Crippen molar-refractivity contribution in [2.24, 2.45) is 0 Å². The van der Waals surface area contributed by atoms with Gasteiger partial charge in [-0.05, 0) is 36.6 Å². The molecule has 2 heterocycles. The van der Waals surface area contributed by atoms with Crippen molar-refractivity contribution in [2.75, 3.05) is 13.2 Å². The van der Waals surface area contributed by atoms with Crippen molar-refractivity contribution in [1.82, 2.24) is 9.88 Å². The fourth-order valence-corrected chi connectivity index (χ4v) is 2.94. The number of nitrogens with one attached hydrogen (secondary N) is 1. The van der Waals surface area contributed by atoms with Crippen molar-refractivity contribution in [3.8, 4) is 0 Å². The van der Waals surface area contributed by atoms with E-state index in [4.69, 9.17) is 4.74 Å². The van der Waals surface area contributed by atoms with Crippen LogP contribution in [-0.2, 0) is 17.8 Å². The van der Waals surface area contributed by atoms with Gasteiger partial charge in [0.2, 0.25) is 0 Å². The quantitative estimate of drug-likeness (QED) is 0.867. The number of halogens is 4. The molecule has 3 nitrogen and oxygen atoms in total. The summed E-state index contributed by atoms with van der Waals surface area (Å²) in [5.74, 6) is -0.625. The van der Waals surface area contributed by atoms with Crippen LogP contribution in [0.15, 0.2) is 24.4 Å². The van der Waals surface area contributed by atoms with Crippen molar-refractivity contribution in [3.63, 3.8) is 0 Å². The molecule has 0 unspecified atom stereocenters. The van der Waals surface area contributed by atoms with Gasteiger partial charge in [0.15, 0.2) is 0 Å². The maximum Gasteiger partial charge on any atom is 0.406 e. The molecular weight excluding hydrogens is 312 g/mol. The van der Waals surface area contributed by atoms with Crippen LogP contribution >= 0.6 is 0 Å². The second-order valence-electron chi connectivity index (χ2n) is 5.84. The van der Waals surface area contributed by atoms with Crippen LogP contribution in [0.2, 0.25) is 0 Å². The molecule has 3 rings (SSSR count). The molecule has 1 aromatic carbocycles. The topological polar surface area (TPSA) is 26.2 Å². The Hall–Kier alpha value is -1.60. The lowest BCUT2D eigenvalue weighted by atomic mass is 10.1. The Balaban J connectivity index is 1.76. The van der Waals surface area contributed by atoms with E-state index in [1.807, 2.05) is 0 Å². The summed E-state index contributed by atoms with van der Waals surface area (Å²) >= 11 is 0. The van der Waals surface area contributed by atoms with E-state index in [0.29, 0.717) is 31.2 Å². The first-order valence-corrected chi connectivity index (χ1v) is 7.57. The van der Waals surface area contributed by atoms with E-state index in [1.165, 1.54) is 18.3 Å². The van der Waals surface area contributed by atoms with Gasteiger partial charge < -0.3 is 14.6 Å². The molecule has 23 heavy (non-hydrogen) atoms. The third-order valence-corrected chi connectivity index (χ3v) is 4.04. The Kier molecular flexibility index (Phi) is 4.59. The molecule has 126 valence electrons. The third kappa shape index (κ3) is 4.03. The smallest absolute Gasteiger partial charge is 0.381 e. The number of rotatable bonds is 4. The van der Waals surface area contributed by atoms with Gasteiger partial charge >= 0.3 is 6.18 Å². The summed E-state index contributed by atoms with van der Waals surface area (Å²) in [6.07, 6.45) is -1.28. The number of hydrogen-bond donors (Lipinski definition) is 1. The highest BCUT2D eigenvalue weighted by molar-refractivity contribution is 5.81. The molecule has 0 atom stereocenters. The maximum absolute atomic E-state index is 14.2.